The van der Waals surface area contributed by atoms with Gasteiger partial charge in [0.2, 0.25) is 0 Å². The molecule has 0 bridgehead atoms. The third kappa shape index (κ3) is 11.1. The lowest BCUT2D eigenvalue weighted by molar-refractivity contribution is 0.0604. The minimum atomic E-state index is -0.666. The topological polar surface area (TPSA) is 153 Å². The summed E-state index contributed by atoms with van der Waals surface area (Å²) in [5.74, 6) is 0.0703. The Morgan fingerprint density at radius 3 is 2.18 bits per heavy atom. The van der Waals surface area contributed by atoms with Crippen LogP contribution in [0.15, 0.2) is 12.3 Å². The Bertz CT molecular complexity index is 757. The number of nitrogens with one attached hydrogen (secondary N) is 4. The van der Waals surface area contributed by atoms with Crippen molar-refractivity contribution in [3.8, 4) is 0 Å². The average molecular weight is 487 g/mol. The van der Waals surface area contributed by atoms with E-state index in [1.807, 2.05) is 6.92 Å². The molecule has 1 fully saturated rings. The maximum absolute atomic E-state index is 12.3. The van der Waals surface area contributed by atoms with Crippen molar-refractivity contribution in [3.05, 3.63) is 12.3 Å². The summed E-state index contributed by atoms with van der Waals surface area (Å²) in [6.07, 6.45) is -0.904. The molecule has 4 N–H and O–H groups in total. The normalized spacial score (nSPS) is 21.8. The SMILES string of the molecule is C=C(CNC(=O)OC)OC(=O)NC1CC(C)(C)CC(C)(CNC(=O)OC(C)CNC(=O)OC)C1. The van der Waals surface area contributed by atoms with Crippen LogP contribution in [0.2, 0.25) is 0 Å². The second-order valence-corrected chi connectivity index (χ2v) is 9.62. The third-order valence-corrected chi connectivity index (χ3v) is 5.30. The van der Waals surface area contributed by atoms with Gasteiger partial charge in [-0.05, 0) is 37.0 Å². The van der Waals surface area contributed by atoms with Crippen LogP contribution in [0.1, 0.15) is 47.0 Å². The summed E-state index contributed by atoms with van der Waals surface area (Å²) in [5, 5.41) is 10.5. The van der Waals surface area contributed by atoms with E-state index in [-0.39, 0.29) is 35.7 Å². The van der Waals surface area contributed by atoms with Gasteiger partial charge in [0.05, 0.1) is 27.3 Å². The van der Waals surface area contributed by atoms with Gasteiger partial charge in [0.25, 0.3) is 0 Å². The van der Waals surface area contributed by atoms with E-state index in [0.29, 0.717) is 13.0 Å². The first-order valence-electron chi connectivity index (χ1n) is 11.0. The summed E-state index contributed by atoms with van der Waals surface area (Å²) >= 11 is 0. The Labute approximate surface area is 200 Å². The van der Waals surface area contributed by atoms with Gasteiger partial charge in [0, 0.05) is 12.6 Å². The standard InChI is InChI=1S/C22H38N4O8/c1-14(10-23-17(27)31-6)33-19(29)25-13-22(5)9-16(8-21(3,4)12-22)26-20(30)34-15(2)11-24-18(28)32-7/h14,16H,2,8-13H2,1,3-7H3,(H,23,27)(H,24,28)(H,25,29)(H,26,30). The number of rotatable bonds is 9. The number of alkyl carbamates (subject to hydrolysis) is 4. The monoisotopic (exact) mass is 486 g/mol. The van der Waals surface area contributed by atoms with Crippen molar-refractivity contribution in [3.63, 3.8) is 0 Å². The van der Waals surface area contributed by atoms with Crippen molar-refractivity contribution >= 4 is 24.4 Å². The Morgan fingerprint density at radius 2 is 1.56 bits per heavy atom. The lowest BCUT2D eigenvalue weighted by Crippen LogP contribution is -2.50. The molecule has 0 radical (unpaired) electrons. The van der Waals surface area contributed by atoms with E-state index >= 15 is 0 Å². The minimum absolute atomic E-state index is 0.0619. The van der Waals surface area contributed by atoms with Gasteiger partial charge < -0.3 is 40.2 Å². The molecule has 1 aliphatic rings. The molecular weight excluding hydrogens is 448 g/mol. The molecule has 0 spiro atoms. The van der Waals surface area contributed by atoms with E-state index in [1.54, 1.807) is 6.92 Å². The largest absolute Gasteiger partial charge is 0.453 e. The Kier molecular flexibility index (Phi) is 10.9. The van der Waals surface area contributed by atoms with E-state index in [9.17, 15) is 19.2 Å². The van der Waals surface area contributed by atoms with Crippen LogP contribution in [0.3, 0.4) is 0 Å². The number of carbonyl (C=O) groups is 4. The number of hydrogen-bond donors (Lipinski definition) is 4. The van der Waals surface area contributed by atoms with Crippen molar-refractivity contribution < 1.29 is 38.1 Å². The quantitative estimate of drug-likeness (QED) is 0.287. The Balaban J connectivity index is 2.56. The highest BCUT2D eigenvalue weighted by Gasteiger charge is 2.42. The van der Waals surface area contributed by atoms with Crippen molar-refractivity contribution in [2.45, 2.75) is 59.1 Å². The van der Waals surface area contributed by atoms with Crippen molar-refractivity contribution in [1.82, 2.24) is 21.3 Å². The van der Waals surface area contributed by atoms with Crippen LogP contribution in [-0.2, 0) is 18.9 Å². The first kappa shape index (κ1) is 28.9. The highest BCUT2D eigenvalue weighted by molar-refractivity contribution is 5.70. The highest BCUT2D eigenvalue weighted by atomic mass is 16.6. The zero-order chi connectivity index (χ0) is 25.9. The summed E-state index contributed by atoms with van der Waals surface area (Å²) < 4.78 is 19.3. The minimum Gasteiger partial charge on any atom is -0.453 e. The maximum atomic E-state index is 12.3. The Hall–Kier alpha value is -3.18. The maximum Gasteiger partial charge on any atom is 0.412 e. The predicted molar refractivity (Wildman–Crippen MR) is 123 cm³/mol. The molecule has 0 saturated heterocycles. The average Bonchev–Trinajstić information content (AvgIpc) is 2.72. The van der Waals surface area contributed by atoms with E-state index in [0.717, 1.165) is 12.8 Å². The molecular formula is C22H38N4O8. The highest BCUT2D eigenvalue weighted by Crippen LogP contribution is 2.45. The van der Waals surface area contributed by atoms with Crippen LogP contribution in [-0.4, -0.2) is 70.4 Å². The van der Waals surface area contributed by atoms with E-state index in [1.165, 1.54) is 14.2 Å². The molecule has 0 aromatic rings. The summed E-state index contributed by atoms with van der Waals surface area (Å²) in [7, 11) is 2.48. The van der Waals surface area contributed by atoms with E-state index < -0.39 is 30.5 Å². The lowest BCUT2D eigenvalue weighted by atomic mass is 9.62. The summed E-state index contributed by atoms with van der Waals surface area (Å²) in [6, 6.07) is -0.191. The fraction of sp³-hybridized carbons (Fsp3) is 0.727. The first-order chi connectivity index (χ1) is 15.8. The molecule has 1 aliphatic carbocycles. The summed E-state index contributed by atoms with van der Waals surface area (Å²) in [4.78, 5) is 46.8. The second-order valence-electron chi connectivity index (χ2n) is 9.62. The fourth-order valence-electron chi connectivity index (χ4n) is 4.33. The van der Waals surface area contributed by atoms with Crippen LogP contribution < -0.4 is 21.3 Å². The Morgan fingerprint density at radius 1 is 0.941 bits per heavy atom. The molecule has 3 unspecified atom stereocenters. The molecule has 1 saturated carbocycles. The molecule has 3 atom stereocenters. The van der Waals surface area contributed by atoms with Gasteiger partial charge in [-0.2, -0.15) is 0 Å². The van der Waals surface area contributed by atoms with Gasteiger partial charge in [-0.15, -0.1) is 0 Å². The molecule has 1 rings (SSSR count). The molecule has 12 heteroatoms. The van der Waals surface area contributed by atoms with Crippen molar-refractivity contribution in [1.29, 1.82) is 0 Å². The van der Waals surface area contributed by atoms with Gasteiger partial charge in [-0.3, -0.25) is 0 Å². The molecule has 0 aromatic heterocycles. The summed E-state index contributed by atoms with van der Waals surface area (Å²) in [5.41, 5.74) is -0.409. The number of hydrogen-bond acceptors (Lipinski definition) is 8. The summed E-state index contributed by atoms with van der Waals surface area (Å²) in [6.45, 7) is 11.9. The third-order valence-electron chi connectivity index (χ3n) is 5.30. The van der Waals surface area contributed by atoms with Gasteiger partial charge in [0.15, 0.2) is 0 Å². The van der Waals surface area contributed by atoms with Gasteiger partial charge in [-0.1, -0.05) is 27.4 Å². The zero-order valence-electron chi connectivity index (χ0n) is 20.9. The van der Waals surface area contributed by atoms with Crippen LogP contribution in [0.5, 0.6) is 0 Å². The van der Waals surface area contributed by atoms with Crippen LogP contribution in [0.25, 0.3) is 0 Å². The lowest BCUT2D eigenvalue weighted by Gasteiger charge is -2.46. The predicted octanol–water partition coefficient (Wildman–Crippen LogP) is 2.64. The molecule has 0 heterocycles. The van der Waals surface area contributed by atoms with Crippen LogP contribution >= 0.6 is 0 Å². The number of methoxy groups -OCH3 is 2. The van der Waals surface area contributed by atoms with Crippen LogP contribution in [0.4, 0.5) is 19.2 Å². The second kappa shape index (κ2) is 12.9. The van der Waals surface area contributed by atoms with Gasteiger partial charge in [0.1, 0.15) is 11.9 Å². The van der Waals surface area contributed by atoms with E-state index in [2.05, 4.69) is 51.2 Å². The molecule has 34 heavy (non-hydrogen) atoms. The molecule has 4 amide bonds. The van der Waals surface area contributed by atoms with Gasteiger partial charge >= 0.3 is 24.4 Å². The zero-order valence-corrected chi connectivity index (χ0v) is 20.9. The fourth-order valence-corrected chi connectivity index (χ4v) is 4.33. The first-order valence-corrected chi connectivity index (χ1v) is 11.0. The van der Waals surface area contributed by atoms with Gasteiger partial charge in [-0.25, -0.2) is 19.2 Å². The van der Waals surface area contributed by atoms with E-state index in [4.69, 9.17) is 9.47 Å². The van der Waals surface area contributed by atoms with Crippen molar-refractivity contribution in [2.24, 2.45) is 10.8 Å². The smallest absolute Gasteiger partial charge is 0.412 e. The van der Waals surface area contributed by atoms with Crippen molar-refractivity contribution in [2.75, 3.05) is 33.9 Å². The number of ether oxygens (including phenoxy) is 4. The van der Waals surface area contributed by atoms with Crippen LogP contribution in [0, 0.1) is 10.8 Å². The molecule has 194 valence electrons. The molecule has 12 nitrogen and oxygen atoms in total. The molecule has 0 aromatic carbocycles. The number of carbonyl (C=O) groups excluding carboxylic acids is 4. The number of amides is 4. The molecule has 0 aliphatic heterocycles.